The number of nitrogens with zero attached hydrogens (tertiary/aromatic N) is 9. The number of hydrogen-bond acceptors (Lipinski definition) is 16. The predicted molar refractivity (Wildman–Crippen MR) is 324 cm³/mol. The first-order valence-corrected chi connectivity index (χ1v) is 33.1. The third-order valence-electron chi connectivity index (χ3n) is 12.5. The lowest BCUT2D eigenvalue weighted by Crippen LogP contribution is -2.29. The van der Waals surface area contributed by atoms with Crippen LogP contribution < -0.4 is 18.9 Å². The van der Waals surface area contributed by atoms with Gasteiger partial charge in [0, 0.05) is 41.4 Å². The summed E-state index contributed by atoms with van der Waals surface area (Å²) in [4.78, 5) is 0.122. The lowest BCUT2D eigenvalue weighted by atomic mass is 10.1. The standard InChI is InChI=1S/C17H11ClF2N2O4S.C16H12ClFN2O2S.C12H10ClF2N3O4S.C11H11ClN2O2S/c1-10-5-7-11(8-6-10)27(23,24)22-9-13(18)15(21-22)12-3-2-4-14-16(12)26-17(19,20)25-14;1-11-5-7-14(8-6-11)23(21,22)20-10-15(17)16(19-20)12-3-2-4-13(18)9-12;1-17(2)23(19,20)18-6-8(13)10(16-18)7-4-3-5-9-11(7)22-12(14,15)21-9;1-8-7-11(13-14(8)17(2,15)16)9-3-5-10(12)6-4-9/h2-9H,1H3;2-10H,1H3;3-6H,1-2H3;3-7H,1-2H3. The highest BCUT2D eigenvalue weighted by Gasteiger charge is 2.46. The maximum absolute atomic E-state index is 13.4. The first-order chi connectivity index (χ1) is 42.0. The fraction of sp³-hybridized carbons (Fsp3) is 0.143. The zero-order chi connectivity index (χ0) is 65.6. The van der Waals surface area contributed by atoms with Gasteiger partial charge in [0.2, 0.25) is 0 Å². The van der Waals surface area contributed by atoms with E-state index in [-0.39, 0.29) is 76.1 Å². The van der Waals surface area contributed by atoms with Crippen LogP contribution in [-0.4, -0.2) is 108 Å². The molecule has 0 spiro atoms. The molecule has 0 saturated carbocycles. The van der Waals surface area contributed by atoms with E-state index in [1.165, 1.54) is 99.2 Å². The normalized spacial score (nSPS) is 13.8. The Hall–Kier alpha value is -8.07. The number of fused-ring (bicyclic) bond motifs is 2. The van der Waals surface area contributed by atoms with E-state index in [0.29, 0.717) is 30.1 Å². The Balaban J connectivity index is 0.000000144. The molecule has 2 aliphatic heterocycles. The molecule has 0 bridgehead atoms. The van der Waals surface area contributed by atoms with E-state index < -0.39 is 58.7 Å². The van der Waals surface area contributed by atoms with Gasteiger partial charge in [-0.05, 0) is 99.6 Å². The summed E-state index contributed by atoms with van der Waals surface area (Å²) in [6, 6.07) is 35.4. The molecule has 6 heterocycles. The van der Waals surface area contributed by atoms with Crippen molar-refractivity contribution in [1.29, 1.82) is 0 Å². The average Bonchev–Trinajstić information content (AvgIpc) is 1.65. The molecule has 0 unspecified atom stereocenters. The second kappa shape index (κ2) is 25.3. The van der Waals surface area contributed by atoms with Gasteiger partial charge >= 0.3 is 22.8 Å². The molecule has 0 atom stereocenters. The fourth-order valence-electron chi connectivity index (χ4n) is 8.23. The van der Waals surface area contributed by atoms with E-state index in [1.54, 1.807) is 67.6 Å². The van der Waals surface area contributed by atoms with Gasteiger partial charge in [0.15, 0.2) is 23.0 Å². The molecule has 0 aliphatic carbocycles. The van der Waals surface area contributed by atoms with Gasteiger partial charge < -0.3 is 18.9 Å². The Morgan fingerprint density at radius 1 is 0.489 bits per heavy atom. The number of benzene rings is 6. The summed E-state index contributed by atoms with van der Waals surface area (Å²) in [5.41, 5.74) is 4.64. The Morgan fingerprint density at radius 3 is 1.34 bits per heavy atom. The molecule has 472 valence electrons. The van der Waals surface area contributed by atoms with E-state index in [4.69, 9.17) is 46.4 Å². The number of rotatable bonds is 11. The van der Waals surface area contributed by atoms with Gasteiger partial charge in [0.05, 0.1) is 61.1 Å². The van der Waals surface area contributed by atoms with Crippen LogP contribution in [0.5, 0.6) is 23.0 Å². The molecule has 0 amide bonds. The first-order valence-electron chi connectivity index (χ1n) is 25.5. The van der Waals surface area contributed by atoms with Gasteiger partial charge in [-0.2, -0.15) is 66.3 Å². The van der Waals surface area contributed by atoms with E-state index in [0.717, 1.165) is 47.8 Å². The van der Waals surface area contributed by atoms with Crippen LogP contribution >= 0.6 is 46.4 Å². The molecule has 4 aromatic heterocycles. The van der Waals surface area contributed by atoms with Crippen molar-refractivity contribution in [3.63, 3.8) is 0 Å². The van der Waals surface area contributed by atoms with Crippen LogP contribution in [0, 0.1) is 26.6 Å². The van der Waals surface area contributed by atoms with Gasteiger partial charge in [-0.25, -0.2) is 12.8 Å². The first kappa shape index (κ1) is 66.4. The quantitative estimate of drug-likeness (QED) is 0.109. The SMILES string of the molecule is CN(C)S(=O)(=O)n1cc(Cl)c(-c2cccc3c2OC(F)(F)O3)n1.Cc1cc(-c2ccc(Cl)cc2)nn1S(C)(=O)=O.Cc1ccc(S(=O)(=O)n2cc(Cl)c(-c3cccc(F)c3)n2)cc1.Cc1ccc(S(=O)(=O)n2cc(Cl)c(-c3cccc4c3OC(F)(F)O4)n2)cc1. The van der Waals surface area contributed by atoms with Crippen LogP contribution in [0.2, 0.25) is 20.1 Å². The van der Waals surface area contributed by atoms with Crippen molar-refractivity contribution < 1.29 is 74.6 Å². The molecule has 90 heavy (non-hydrogen) atoms. The Kier molecular flexibility index (Phi) is 18.7. The molecule has 10 aromatic rings. The molecule has 34 heteroatoms. The minimum absolute atomic E-state index is 0.0169. The van der Waals surface area contributed by atoms with E-state index in [1.807, 2.05) is 13.8 Å². The Bertz CT molecular complexity index is 4850. The highest BCUT2D eigenvalue weighted by atomic mass is 35.5. The van der Waals surface area contributed by atoms with Crippen LogP contribution in [0.15, 0.2) is 168 Å². The van der Waals surface area contributed by atoms with Gasteiger partial charge in [0.25, 0.3) is 30.1 Å². The maximum Gasteiger partial charge on any atom is 0.586 e. The van der Waals surface area contributed by atoms with E-state index in [9.17, 15) is 55.6 Å². The second-order valence-corrected chi connectivity index (χ2v) is 28.5. The number of alkyl halides is 4. The zero-order valence-corrected chi connectivity index (χ0v) is 53.3. The summed E-state index contributed by atoms with van der Waals surface area (Å²) in [6.45, 7) is 5.39. The van der Waals surface area contributed by atoms with Gasteiger partial charge in [-0.3, -0.25) is 0 Å². The van der Waals surface area contributed by atoms with E-state index in [2.05, 4.69) is 39.3 Å². The number of halogens is 9. The number of ether oxygens (including phenoxy) is 4. The largest absolute Gasteiger partial charge is 0.586 e. The van der Waals surface area contributed by atoms with Crippen molar-refractivity contribution >= 4 is 86.7 Å². The van der Waals surface area contributed by atoms with Crippen molar-refractivity contribution in [2.45, 2.75) is 43.2 Å². The Morgan fingerprint density at radius 2 is 0.911 bits per heavy atom. The molecular weight excluding hydrogens is 1360 g/mol. The van der Waals surface area contributed by atoms with Crippen molar-refractivity contribution in [3.05, 3.63) is 201 Å². The third-order valence-corrected chi connectivity index (χ3v) is 19.3. The maximum atomic E-state index is 13.4. The third kappa shape index (κ3) is 14.4. The average molecular weight is 1400 g/mol. The van der Waals surface area contributed by atoms with Crippen LogP contribution in [0.3, 0.4) is 0 Å². The number of para-hydroxylation sites is 2. The van der Waals surface area contributed by atoms with Crippen LogP contribution in [0.4, 0.5) is 22.0 Å². The fourth-order valence-corrected chi connectivity index (χ4v) is 13.1. The molecule has 0 N–H and O–H groups in total. The summed E-state index contributed by atoms with van der Waals surface area (Å²) in [6.07, 6.45) is -3.13. The molecule has 0 fully saturated rings. The van der Waals surface area contributed by atoms with Crippen molar-refractivity contribution in [2.24, 2.45) is 0 Å². The number of aryl methyl sites for hydroxylation is 3. The molecule has 6 aromatic carbocycles. The lowest BCUT2D eigenvalue weighted by Gasteiger charge is -2.10. The smallest absolute Gasteiger partial charge is 0.395 e. The topological polar surface area (TPSA) is 248 Å². The van der Waals surface area contributed by atoms with Crippen molar-refractivity contribution in [3.8, 4) is 68.0 Å². The molecule has 12 rings (SSSR count). The highest BCUT2D eigenvalue weighted by Crippen LogP contribution is 2.49. The zero-order valence-electron chi connectivity index (χ0n) is 47.0. The summed E-state index contributed by atoms with van der Waals surface area (Å²) in [5.74, 6) is -1.35. The van der Waals surface area contributed by atoms with Gasteiger partial charge in [-0.1, -0.05) is 118 Å². The molecular formula is C56H44Cl4F5N9O12S4. The van der Waals surface area contributed by atoms with Crippen molar-refractivity contribution in [1.82, 2.24) is 41.0 Å². The molecule has 0 radical (unpaired) electrons. The van der Waals surface area contributed by atoms with Crippen LogP contribution in [0.1, 0.15) is 16.8 Å². The minimum atomic E-state index is -4.00. The minimum Gasteiger partial charge on any atom is -0.395 e. The van der Waals surface area contributed by atoms with Crippen LogP contribution in [0.25, 0.3) is 45.0 Å². The lowest BCUT2D eigenvalue weighted by molar-refractivity contribution is -0.287. The predicted octanol–water partition coefficient (Wildman–Crippen LogP) is 12.5. The summed E-state index contributed by atoms with van der Waals surface area (Å²) < 4.78 is 186. The van der Waals surface area contributed by atoms with Crippen LogP contribution in [-0.2, 0) is 40.3 Å². The molecule has 0 saturated heterocycles. The molecule has 21 nitrogen and oxygen atoms in total. The molecule has 2 aliphatic rings. The monoisotopic (exact) mass is 1400 g/mol. The number of aromatic nitrogens is 8. The Labute approximate surface area is 531 Å². The van der Waals surface area contributed by atoms with E-state index >= 15 is 0 Å². The summed E-state index contributed by atoms with van der Waals surface area (Å²) in [5, 5.41) is 16.6. The van der Waals surface area contributed by atoms with Gasteiger partial charge in [-0.15, -0.1) is 17.6 Å². The summed E-state index contributed by atoms with van der Waals surface area (Å²) in [7, 11) is -12.4. The summed E-state index contributed by atoms with van der Waals surface area (Å²) >= 11 is 24.0. The van der Waals surface area contributed by atoms with Crippen molar-refractivity contribution in [2.75, 3.05) is 20.4 Å². The number of hydrogen-bond donors (Lipinski definition) is 0. The van der Waals surface area contributed by atoms with Gasteiger partial charge in [0.1, 0.15) is 22.9 Å². The second-order valence-electron chi connectivity index (χ2n) is 19.4. The highest BCUT2D eigenvalue weighted by molar-refractivity contribution is 7.90.